The zero-order valence-electron chi connectivity index (χ0n) is 48.8. The van der Waals surface area contributed by atoms with Crippen LogP contribution < -0.4 is 5.32 Å². The maximum absolute atomic E-state index is 13.3. The van der Waals surface area contributed by atoms with E-state index >= 15 is 0 Å². The zero-order chi connectivity index (χ0) is 58.3. The van der Waals surface area contributed by atoms with E-state index in [9.17, 15) is 61.0 Å². The topological polar surface area (TPSA) is 307 Å². The summed E-state index contributed by atoms with van der Waals surface area (Å²) in [6.45, 7) is 1.71. The van der Waals surface area contributed by atoms with Crippen LogP contribution in [-0.4, -0.2) is 193 Å². The number of ether oxygens (including phenoxy) is 6. The molecule has 17 atom stereocenters. The molecule has 0 aromatic carbocycles. The van der Waals surface area contributed by atoms with Crippen molar-refractivity contribution in [3.05, 3.63) is 36.5 Å². The molecule has 0 saturated carbocycles. The third kappa shape index (κ3) is 27.8. The molecule has 80 heavy (non-hydrogen) atoms. The molecule has 3 fully saturated rings. The van der Waals surface area contributed by atoms with Crippen molar-refractivity contribution in [2.45, 2.75) is 317 Å². The van der Waals surface area contributed by atoms with Crippen LogP contribution in [0, 0.1) is 0 Å². The first-order valence-electron chi connectivity index (χ1n) is 31.2. The highest BCUT2D eigenvalue weighted by molar-refractivity contribution is 5.76. The molecule has 17 unspecified atom stereocenters. The first-order valence-corrected chi connectivity index (χ1v) is 31.2. The van der Waals surface area contributed by atoms with Crippen molar-refractivity contribution in [3.8, 4) is 0 Å². The smallest absolute Gasteiger partial charge is 0.220 e. The van der Waals surface area contributed by atoms with E-state index in [0.717, 1.165) is 64.2 Å². The second-order valence-corrected chi connectivity index (χ2v) is 22.5. The average molecular weight is 1150 g/mol. The van der Waals surface area contributed by atoms with E-state index in [4.69, 9.17) is 28.4 Å². The van der Waals surface area contributed by atoms with Crippen LogP contribution in [0.2, 0.25) is 0 Å². The van der Waals surface area contributed by atoms with Crippen molar-refractivity contribution in [1.29, 1.82) is 0 Å². The van der Waals surface area contributed by atoms with E-state index in [1.165, 1.54) is 122 Å². The highest BCUT2D eigenvalue weighted by Crippen LogP contribution is 2.33. The number of aliphatic hydroxyl groups is 11. The lowest BCUT2D eigenvalue weighted by Gasteiger charge is -2.48. The molecule has 3 rings (SSSR count). The molecule has 19 nitrogen and oxygen atoms in total. The molecule has 3 aliphatic heterocycles. The molecule has 468 valence electrons. The molecule has 0 bridgehead atoms. The minimum Gasteiger partial charge on any atom is -0.394 e. The van der Waals surface area contributed by atoms with Gasteiger partial charge in [-0.05, 0) is 51.4 Å². The number of amides is 1. The van der Waals surface area contributed by atoms with Gasteiger partial charge in [-0.15, -0.1) is 0 Å². The maximum Gasteiger partial charge on any atom is 0.220 e. The molecular formula is C61H111NO18. The summed E-state index contributed by atoms with van der Waals surface area (Å²) < 4.78 is 34.3. The Bertz CT molecular complexity index is 1600. The molecule has 3 saturated heterocycles. The van der Waals surface area contributed by atoms with Crippen LogP contribution in [0.5, 0.6) is 0 Å². The van der Waals surface area contributed by atoms with E-state index in [-0.39, 0.29) is 18.9 Å². The predicted octanol–water partition coefficient (Wildman–Crippen LogP) is 6.10. The summed E-state index contributed by atoms with van der Waals surface area (Å²) in [4.78, 5) is 13.3. The number of rotatable bonds is 46. The molecule has 3 heterocycles. The second-order valence-electron chi connectivity index (χ2n) is 22.5. The van der Waals surface area contributed by atoms with Crippen LogP contribution in [-0.2, 0) is 33.2 Å². The van der Waals surface area contributed by atoms with Gasteiger partial charge in [0.05, 0.1) is 38.6 Å². The van der Waals surface area contributed by atoms with E-state index in [0.29, 0.717) is 6.42 Å². The Hall–Kier alpha value is -1.99. The Balaban J connectivity index is 1.48. The minimum absolute atomic E-state index is 0.239. The molecule has 3 aliphatic rings. The third-order valence-electron chi connectivity index (χ3n) is 15.7. The molecule has 0 aromatic heterocycles. The number of nitrogens with one attached hydrogen (secondary N) is 1. The fraction of sp³-hybridized carbons (Fsp3) is 0.885. The van der Waals surface area contributed by atoms with Crippen molar-refractivity contribution in [2.24, 2.45) is 0 Å². The van der Waals surface area contributed by atoms with Crippen LogP contribution >= 0.6 is 0 Å². The standard InChI is InChI=1S/C61H111NO18/c1-3-5-7-9-11-13-15-17-19-20-21-22-23-24-25-27-29-31-33-35-37-39-49(67)62-44(45(66)38-36-34-32-30-28-26-18-16-14-12-10-8-6-4-2)43-75-59-55(73)52(70)57(47(41-64)77-59)80-61-56(74)53(71)58(48(42-65)78-61)79-60-54(72)51(69)50(68)46(40-63)76-60/h15,17,20-21,36,38,44-48,50-61,63-66,68-74H,3-14,16,18-19,22-35,37,39-43H2,1-2H3,(H,62,67)/b17-15-,21-20-,38-36+. The van der Waals surface area contributed by atoms with Gasteiger partial charge in [-0.3, -0.25) is 4.79 Å². The Kier molecular flexibility index (Phi) is 40.2. The Labute approximate surface area is 479 Å². The number of hydrogen-bond donors (Lipinski definition) is 12. The maximum atomic E-state index is 13.3. The summed E-state index contributed by atoms with van der Waals surface area (Å²) in [5, 5.41) is 120. The molecule has 19 heteroatoms. The Morgan fingerprint density at radius 3 is 1.27 bits per heavy atom. The van der Waals surface area contributed by atoms with Crippen LogP contribution in [0.4, 0.5) is 0 Å². The highest BCUT2D eigenvalue weighted by Gasteiger charge is 2.53. The van der Waals surface area contributed by atoms with Gasteiger partial charge < -0.3 is 89.9 Å². The van der Waals surface area contributed by atoms with Crippen molar-refractivity contribution < 1.29 is 89.4 Å². The number of allylic oxidation sites excluding steroid dienone is 5. The van der Waals surface area contributed by atoms with Gasteiger partial charge >= 0.3 is 0 Å². The summed E-state index contributed by atoms with van der Waals surface area (Å²) >= 11 is 0. The molecule has 0 aliphatic carbocycles. The normalized spacial score (nSPS) is 30.2. The number of carbonyl (C=O) groups is 1. The van der Waals surface area contributed by atoms with Crippen molar-refractivity contribution in [3.63, 3.8) is 0 Å². The van der Waals surface area contributed by atoms with Gasteiger partial charge in [0.15, 0.2) is 18.9 Å². The summed E-state index contributed by atoms with van der Waals surface area (Å²) in [5.41, 5.74) is 0. The lowest BCUT2D eigenvalue weighted by molar-refractivity contribution is -0.379. The molecule has 0 spiro atoms. The Morgan fingerprint density at radius 2 is 0.825 bits per heavy atom. The fourth-order valence-corrected chi connectivity index (χ4v) is 10.5. The lowest BCUT2D eigenvalue weighted by Crippen LogP contribution is -2.66. The zero-order valence-corrected chi connectivity index (χ0v) is 48.8. The van der Waals surface area contributed by atoms with Crippen LogP contribution in [0.15, 0.2) is 36.5 Å². The predicted molar refractivity (Wildman–Crippen MR) is 305 cm³/mol. The summed E-state index contributed by atoms with van der Waals surface area (Å²) in [7, 11) is 0. The van der Waals surface area contributed by atoms with Gasteiger partial charge in [-0.25, -0.2) is 0 Å². The van der Waals surface area contributed by atoms with E-state index in [2.05, 4.69) is 43.5 Å². The van der Waals surface area contributed by atoms with Gasteiger partial charge in [-0.2, -0.15) is 0 Å². The average Bonchev–Trinajstić information content (AvgIpc) is 3.45. The quantitative estimate of drug-likeness (QED) is 0.0242. The first kappa shape index (κ1) is 72.3. The molecule has 0 aromatic rings. The van der Waals surface area contributed by atoms with Gasteiger partial charge in [0.2, 0.25) is 5.91 Å². The van der Waals surface area contributed by atoms with E-state index in [1.807, 2.05) is 6.08 Å². The first-order chi connectivity index (χ1) is 38.8. The van der Waals surface area contributed by atoms with Gasteiger partial charge in [0.25, 0.3) is 0 Å². The fourth-order valence-electron chi connectivity index (χ4n) is 10.5. The van der Waals surface area contributed by atoms with Crippen molar-refractivity contribution in [2.75, 3.05) is 26.4 Å². The van der Waals surface area contributed by atoms with E-state index in [1.54, 1.807) is 6.08 Å². The number of carbonyl (C=O) groups excluding carboxylic acids is 1. The van der Waals surface area contributed by atoms with Crippen molar-refractivity contribution >= 4 is 5.91 Å². The number of aliphatic hydroxyl groups excluding tert-OH is 11. The molecular weight excluding hydrogens is 1030 g/mol. The van der Waals surface area contributed by atoms with Crippen LogP contribution in [0.3, 0.4) is 0 Å². The number of unbranched alkanes of at least 4 members (excludes halogenated alkanes) is 26. The third-order valence-corrected chi connectivity index (χ3v) is 15.7. The molecule has 1 amide bonds. The molecule has 12 N–H and O–H groups in total. The number of hydrogen-bond acceptors (Lipinski definition) is 18. The molecule has 0 radical (unpaired) electrons. The minimum atomic E-state index is -1.98. The summed E-state index contributed by atoms with van der Waals surface area (Å²) in [5.74, 6) is -0.281. The highest BCUT2D eigenvalue weighted by atomic mass is 16.8. The monoisotopic (exact) mass is 1150 g/mol. The SMILES string of the molecule is CCCCCCC/C=C\C/C=C\CCCCCCCCCCCC(=O)NC(COC1OC(CO)C(OC2OC(CO)C(OC3OC(CO)C(O)C(O)C3O)C(O)C2O)C(O)C1O)C(O)/C=C/CCCCCCCCCCCCCC. The lowest BCUT2D eigenvalue weighted by atomic mass is 9.96. The van der Waals surface area contributed by atoms with Crippen LogP contribution in [0.25, 0.3) is 0 Å². The van der Waals surface area contributed by atoms with Gasteiger partial charge in [-0.1, -0.05) is 192 Å². The van der Waals surface area contributed by atoms with Gasteiger partial charge in [0.1, 0.15) is 73.2 Å². The van der Waals surface area contributed by atoms with E-state index < -0.39 is 124 Å². The van der Waals surface area contributed by atoms with Crippen LogP contribution in [0.1, 0.15) is 213 Å². The second kappa shape index (κ2) is 44.5. The summed E-state index contributed by atoms with van der Waals surface area (Å²) in [6, 6.07) is -0.974. The van der Waals surface area contributed by atoms with Crippen molar-refractivity contribution in [1.82, 2.24) is 5.32 Å². The largest absolute Gasteiger partial charge is 0.394 e. The summed E-state index contributed by atoms with van der Waals surface area (Å²) in [6.07, 6.45) is 21.2. The Morgan fingerprint density at radius 1 is 0.450 bits per heavy atom. The van der Waals surface area contributed by atoms with Gasteiger partial charge in [0, 0.05) is 6.42 Å².